The number of carbonyl (C=O) groups is 2. The Bertz CT molecular complexity index is 903. The summed E-state index contributed by atoms with van der Waals surface area (Å²) in [6, 6.07) is 0. The van der Waals surface area contributed by atoms with Crippen molar-refractivity contribution >= 4 is 11.9 Å². The molecule has 2 unspecified atom stereocenters. The first-order chi connectivity index (χ1) is 18.7. The number of nitrogens with zero attached hydrogens (tertiary/aromatic N) is 2. The quantitative estimate of drug-likeness (QED) is 0.221. The molecule has 2 rings (SSSR count). The third kappa shape index (κ3) is 7.85. The Kier molecular flexibility index (Phi) is 10.7. The van der Waals surface area contributed by atoms with Crippen molar-refractivity contribution in [1.29, 1.82) is 0 Å². The van der Waals surface area contributed by atoms with Crippen molar-refractivity contribution in [2.24, 2.45) is 17.3 Å². The molecule has 0 aromatic carbocycles. The summed E-state index contributed by atoms with van der Waals surface area (Å²) >= 11 is 0. The zero-order chi connectivity index (χ0) is 32.7. The lowest BCUT2D eigenvalue weighted by atomic mass is 9.49. The van der Waals surface area contributed by atoms with E-state index in [0.717, 1.165) is 0 Å². The van der Waals surface area contributed by atoms with Crippen molar-refractivity contribution in [3.05, 3.63) is 0 Å². The second-order valence-electron chi connectivity index (χ2n) is 16.5. The molecule has 0 aliphatic carbocycles. The van der Waals surface area contributed by atoms with E-state index in [1.807, 2.05) is 37.8 Å². The van der Waals surface area contributed by atoms with Crippen LogP contribution in [0.25, 0.3) is 0 Å². The molecule has 2 heterocycles. The van der Waals surface area contributed by atoms with E-state index in [0.29, 0.717) is 25.7 Å². The lowest BCUT2D eigenvalue weighted by Gasteiger charge is -2.64. The smallest absolute Gasteiger partial charge is 0.310 e. The zero-order valence-corrected chi connectivity index (χ0v) is 28.3. The maximum absolute atomic E-state index is 13.9. The summed E-state index contributed by atoms with van der Waals surface area (Å²) < 4.78 is 0. The van der Waals surface area contributed by atoms with Crippen molar-refractivity contribution in [1.82, 2.24) is 10.1 Å². The molecule has 42 heavy (non-hydrogen) atoms. The van der Waals surface area contributed by atoms with Gasteiger partial charge in [0.25, 0.3) is 0 Å². The molecule has 0 bridgehead atoms. The van der Waals surface area contributed by atoms with E-state index in [-0.39, 0.29) is 32.5 Å². The molecule has 246 valence electrons. The number of hydrogen-bond acceptors (Lipinski definition) is 8. The molecule has 0 saturated carbocycles. The molecule has 2 fully saturated rings. The summed E-state index contributed by atoms with van der Waals surface area (Å²) in [4.78, 5) is 38.2. The SMILES string of the molecule is CC(C)(O)CON1C(C)(C)CCC(C(CCCC(=O)O)(C(=O)O)C2CCC(C)(C)N(OCC(C)(C)O)C2(C)C)C1(C)C. The minimum atomic E-state index is -1.32. The van der Waals surface area contributed by atoms with Gasteiger partial charge in [0.2, 0.25) is 0 Å². The van der Waals surface area contributed by atoms with Gasteiger partial charge in [-0.25, -0.2) is 0 Å². The fourth-order valence-corrected chi connectivity index (χ4v) is 8.18. The first-order valence-electron chi connectivity index (χ1n) is 15.5. The predicted molar refractivity (Wildman–Crippen MR) is 161 cm³/mol. The number of carboxylic acid groups (broad SMARTS) is 2. The minimum absolute atomic E-state index is 0.0489. The van der Waals surface area contributed by atoms with Crippen molar-refractivity contribution < 1.29 is 39.7 Å². The van der Waals surface area contributed by atoms with Crippen LogP contribution in [-0.2, 0) is 19.3 Å². The van der Waals surface area contributed by atoms with Crippen LogP contribution in [0.5, 0.6) is 0 Å². The molecule has 0 amide bonds. The third-order valence-corrected chi connectivity index (χ3v) is 9.66. The van der Waals surface area contributed by atoms with Gasteiger partial charge < -0.3 is 20.4 Å². The Morgan fingerprint density at radius 2 is 1.10 bits per heavy atom. The highest BCUT2D eigenvalue weighted by molar-refractivity contribution is 5.76. The zero-order valence-electron chi connectivity index (χ0n) is 28.3. The molecule has 0 radical (unpaired) electrons. The van der Waals surface area contributed by atoms with Crippen molar-refractivity contribution in [2.45, 2.75) is 161 Å². The number of hydrogen-bond donors (Lipinski definition) is 4. The monoisotopic (exact) mass is 600 g/mol. The first kappa shape index (κ1) is 36.9. The normalized spacial score (nSPS) is 27.8. The fourth-order valence-electron chi connectivity index (χ4n) is 8.18. The van der Waals surface area contributed by atoms with Crippen LogP contribution < -0.4 is 0 Å². The van der Waals surface area contributed by atoms with E-state index in [9.17, 15) is 30.0 Å². The van der Waals surface area contributed by atoms with Crippen LogP contribution >= 0.6 is 0 Å². The fraction of sp³-hybridized carbons (Fsp3) is 0.938. The van der Waals surface area contributed by atoms with Crippen molar-refractivity contribution in [3.63, 3.8) is 0 Å². The number of rotatable bonds is 13. The second-order valence-corrected chi connectivity index (χ2v) is 16.5. The second kappa shape index (κ2) is 12.2. The Hall–Kier alpha value is -1.30. The van der Waals surface area contributed by atoms with Gasteiger partial charge in [0.05, 0.1) is 29.8 Å². The number of aliphatic carboxylic acids is 2. The molecule has 2 atom stereocenters. The van der Waals surface area contributed by atoms with Gasteiger partial charge in [-0.1, -0.05) is 0 Å². The van der Waals surface area contributed by atoms with Crippen LogP contribution in [0.2, 0.25) is 0 Å². The van der Waals surface area contributed by atoms with E-state index in [1.54, 1.807) is 27.7 Å². The molecule has 10 heteroatoms. The van der Waals surface area contributed by atoms with E-state index in [2.05, 4.69) is 27.7 Å². The molecule has 0 aromatic heterocycles. The average Bonchev–Trinajstić information content (AvgIpc) is 2.74. The van der Waals surface area contributed by atoms with Gasteiger partial charge >= 0.3 is 11.9 Å². The molecule has 2 aliphatic heterocycles. The molecule has 0 spiro atoms. The average molecular weight is 601 g/mol. The van der Waals surface area contributed by atoms with Crippen LogP contribution in [0, 0.1) is 17.3 Å². The van der Waals surface area contributed by atoms with Crippen LogP contribution in [0.1, 0.15) is 128 Å². The largest absolute Gasteiger partial charge is 0.481 e. The molecular formula is C32H60N2O8. The number of aliphatic hydroxyl groups is 2. The highest BCUT2D eigenvalue weighted by Crippen LogP contribution is 2.60. The highest BCUT2D eigenvalue weighted by Gasteiger charge is 2.66. The van der Waals surface area contributed by atoms with Gasteiger partial charge in [-0.15, -0.1) is 0 Å². The lowest BCUT2D eigenvalue weighted by molar-refractivity contribution is -0.337. The molecule has 10 nitrogen and oxygen atoms in total. The van der Waals surface area contributed by atoms with Gasteiger partial charge in [0.15, 0.2) is 0 Å². The Labute approximate surface area is 253 Å². The summed E-state index contributed by atoms with van der Waals surface area (Å²) in [5, 5.41) is 45.7. The molecular weight excluding hydrogens is 540 g/mol. The van der Waals surface area contributed by atoms with E-state index in [4.69, 9.17) is 9.68 Å². The van der Waals surface area contributed by atoms with Gasteiger partial charge in [0, 0.05) is 28.6 Å². The molecule has 4 N–H and O–H groups in total. The van der Waals surface area contributed by atoms with Gasteiger partial charge in [-0.05, 0) is 133 Å². The maximum atomic E-state index is 13.9. The standard InChI is InChI=1S/C32H60N2O8/c1-26(2)18-15-22(30(9,10)33(26)41-20-28(5,6)39)32(25(37)38,17-13-14-24(35)36)23-16-19-27(3,4)34(31(23,11)12)42-21-29(7,8)40/h22-23,39-40H,13-21H2,1-12H3,(H,35,36)(H,37,38). The number of carboxylic acids is 2. The summed E-state index contributed by atoms with van der Waals surface area (Å²) in [5.74, 6) is -2.71. The summed E-state index contributed by atoms with van der Waals surface area (Å²) in [5.41, 5.74) is -5.90. The minimum Gasteiger partial charge on any atom is -0.481 e. The van der Waals surface area contributed by atoms with E-state index >= 15 is 0 Å². The Morgan fingerprint density at radius 1 is 0.738 bits per heavy atom. The highest BCUT2D eigenvalue weighted by atomic mass is 16.7. The summed E-state index contributed by atoms with van der Waals surface area (Å²) in [6.45, 7) is 23.1. The van der Waals surface area contributed by atoms with E-state index in [1.165, 1.54) is 0 Å². The summed E-state index contributed by atoms with van der Waals surface area (Å²) in [6.07, 6.45) is 2.85. The molecule has 2 aliphatic rings. The van der Waals surface area contributed by atoms with E-state index < -0.39 is 62.5 Å². The number of hydroxylamine groups is 4. The van der Waals surface area contributed by atoms with Crippen LogP contribution in [0.15, 0.2) is 0 Å². The van der Waals surface area contributed by atoms with Crippen LogP contribution in [-0.4, -0.2) is 89.1 Å². The van der Waals surface area contributed by atoms with Gasteiger partial charge in [-0.3, -0.25) is 19.3 Å². The third-order valence-electron chi connectivity index (χ3n) is 9.66. The van der Waals surface area contributed by atoms with Gasteiger partial charge in [-0.2, -0.15) is 10.1 Å². The molecule has 2 saturated heterocycles. The van der Waals surface area contributed by atoms with Crippen molar-refractivity contribution in [3.8, 4) is 0 Å². The number of piperidine rings is 2. The topological polar surface area (TPSA) is 140 Å². The van der Waals surface area contributed by atoms with Gasteiger partial charge in [0.1, 0.15) is 0 Å². The van der Waals surface area contributed by atoms with Crippen molar-refractivity contribution in [2.75, 3.05) is 13.2 Å². The summed E-state index contributed by atoms with van der Waals surface area (Å²) in [7, 11) is 0. The Balaban J connectivity index is 2.74. The predicted octanol–water partition coefficient (Wildman–Crippen LogP) is 5.26. The Morgan fingerprint density at radius 3 is 1.38 bits per heavy atom. The maximum Gasteiger partial charge on any atom is 0.310 e. The van der Waals surface area contributed by atoms with Crippen LogP contribution in [0.4, 0.5) is 0 Å². The first-order valence-corrected chi connectivity index (χ1v) is 15.5. The lowest BCUT2D eigenvalue weighted by Crippen LogP contribution is -2.72. The molecule has 0 aromatic rings. The van der Waals surface area contributed by atoms with Crippen LogP contribution in [0.3, 0.4) is 0 Å².